The summed E-state index contributed by atoms with van der Waals surface area (Å²) in [5, 5.41) is 3.28. The van der Waals surface area contributed by atoms with Gasteiger partial charge in [-0.05, 0) is 32.7 Å². The van der Waals surface area contributed by atoms with E-state index in [9.17, 15) is 4.79 Å². The minimum atomic E-state index is 0.265. The Morgan fingerprint density at radius 2 is 1.92 bits per heavy atom. The molecular weight excluding hydrogens is 326 g/mol. The van der Waals surface area contributed by atoms with E-state index in [4.69, 9.17) is 9.97 Å². The van der Waals surface area contributed by atoms with Crippen LogP contribution in [0.25, 0.3) is 0 Å². The van der Waals surface area contributed by atoms with Gasteiger partial charge in [0, 0.05) is 57.0 Å². The number of likely N-dealkylation sites (tertiary alicyclic amines) is 1. The molecule has 2 aliphatic heterocycles. The van der Waals surface area contributed by atoms with Gasteiger partial charge in [0.25, 0.3) is 0 Å². The van der Waals surface area contributed by atoms with Gasteiger partial charge in [-0.2, -0.15) is 0 Å². The molecule has 1 aromatic rings. The second kappa shape index (κ2) is 7.51. The highest BCUT2D eigenvalue weighted by atomic mass is 16.2. The van der Waals surface area contributed by atoms with Crippen molar-refractivity contribution < 1.29 is 4.79 Å². The van der Waals surface area contributed by atoms with Gasteiger partial charge in [0.2, 0.25) is 5.91 Å². The highest BCUT2D eigenvalue weighted by molar-refractivity contribution is 5.79. The summed E-state index contributed by atoms with van der Waals surface area (Å²) in [5.41, 5.74) is 2.43. The highest BCUT2D eigenvalue weighted by Crippen LogP contribution is 2.32. The molecule has 6 heteroatoms. The quantitative estimate of drug-likeness (QED) is 0.900. The van der Waals surface area contributed by atoms with Crippen LogP contribution in [0.2, 0.25) is 0 Å². The number of piperidine rings is 1. The van der Waals surface area contributed by atoms with E-state index in [0.717, 1.165) is 69.9 Å². The molecule has 3 aliphatic rings. The van der Waals surface area contributed by atoms with Gasteiger partial charge < -0.3 is 15.1 Å². The highest BCUT2D eigenvalue weighted by Gasteiger charge is 2.32. The summed E-state index contributed by atoms with van der Waals surface area (Å²) in [6.45, 7) is 3.64. The molecule has 0 spiro atoms. The van der Waals surface area contributed by atoms with Gasteiger partial charge in [0.1, 0.15) is 11.6 Å². The minimum Gasteiger partial charge on any atom is -0.373 e. The van der Waals surface area contributed by atoms with E-state index in [1.165, 1.54) is 24.1 Å². The first kappa shape index (κ1) is 17.7. The van der Waals surface area contributed by atoms with Crippen molar-refractivity contribution in [1.82, 2.24) is 19.8 Å². The molecule has 26 heavy (non-hydrogen) atoms. The lowest BCUT2D eigenvalue weighted by atomic mass is 9.94. The molecule has 1 N–H and O–H groups in total. The van der Waals surface area contributed by atoms with Gasteiger partial charge in [-0.3, -0.25) is 4.79 Å². The molecule has 0 bridgehead atoms. The summed E-state index contributed by atoms with van der Waals surface area (Å²) in [5.74, 6) is 2.81. The Kier molecular flexibility index (Phi) is 5.11. The molecular formula is C20H31N5O. The summed E-state index contributed by atoms with van der Waals surface area (Å²) in [7, 11) is 4.09. The van der Waals surface area contributed by atoms with Crippen LogP contribution in [0.4, 0.5) is 5.82 Å². The lowest BCUT2D eigenvalue weighted by Crippen LogP contribution is -2.42. The maximum atomic E-state index is 12.8. The summed E-state index contributed by atoms with van der Waals surface area (Å²) in [4.78, 5) is 27.1. The van der Waals surface area contributed by atoms with Crippen LogP contribution >= 0.6 is 0 Å². The summed E-state index contributed by atoms with van der Waals surface area (Å²) < 4.78 is 0. The Morgan fingerprint density at radius 1 is 1.12 bits per heavy atom. The maximum absolute atomic E-state index is 12.8. The number of carbonyl (C=O) groups excluding carboxylic acids is 1. The monoisotopic (exact) mass is 357 g/mol. The summed E-state index contributed by atoms with van der Waals surface area (Å²) in [6.07, 6.45) is 7.69. The van der Waals surface area contributed by atoms with Gasteiger partial charge >= 0.3 is 0 Å². The molecule has 142 valence electrons. The molecule has 1 atom stereocenters. The first-order valence-corrected chi connectivity index (χ1v) is 10.2. The smallest absolute Gasteiger partial charge is 0.225 e. The van der Waals surface area contributed by atoms with Crippen LogP contribution < -0.4 is 5.32 Å². The van der Waals surface area contributed by atoms with Gasteiger partial charge in [0.05, 0.1) is 5.69 Å². The van der Waals surface area contributed by atoms with Crippen LogP contribution in [0.3, 0.4) is 0 Å². The van der Waals surface area contributed by atoms with Crippen LogP contribution in [-0.2, 0) is 17.8 Å². The first-order chi connectivity index (χ1) is 12.7. The predicted octanol–water partition coefficient (Wildman–Crippen LogP) is 2.40. The van der Waals surface area contributed by atoms with Gasteiger partial charge in [0.15, 0.2) is 0 Å². The van der Waals surface area contributed by atoms with Crippen molar-refractivity contribution in [2.45, 2.75) is 57.4 Å². The standard InChI is InChI=1S/C20H31N5O/c1-21-19-16-13-24(2)11-9-17(16)22-18(23-19)15-8-5-10-25(12-15)20(26)14-6-3-4-7-14/h14-15H,3-13H2,1-2H3,(H,21,22,23). The lowest BCUT2D eigenvalue weighted by Gasteiger charge is -2.34. The van der Waals surface area contributed by atoms with Gasteiger partial charge in [-0.25, -0.2) is 9.97 Å². The summed E-state index contributed by atoms with van der Waals surface area (Å²) >= 11 is 0. The number of nitrogens with one attached hydrogen (secondary N) is 1. The van der Waals surface area contributed by atoms with E-state index in [-0.39, 0.29) is 11.8 Å². The fourth-order valence-electron chi connectivity index (χ4n) is 4.78. The average Bonchev–Trinajstić information content (AvgIpc) is 3.21. The van der Waals surface area contributed by atoms with E-state index in [0.29, 0.717) is 5.91 Å². The number of fused-ring (bicyclic) bond motifs is 1. The predicted molar refractivity (Wildman–Crippen MR) is 102 cm³/mol. The largest absolute Gasteiger partial charge is 0.373 e. The third kappa shape index (κ3) is 3.43. The topological polar surface area (TPSA) is 61.4 Å². The number of rotatable bonds is 3. The Balaban J connectivity index is 1.54. The summed E-state index contributed by atoms with van der Waals surface area (Å²) in [6, 6.07) is 0. The number of likely N-dealkylation sites (N-methyl/N-ethyl adjacent to an activating group) is 1. The number of carbonyl (C=O) groups is 1. The first-order valence-electron chi connectivity index (χ1n) is 10.2. The van der Waals surface area contributed by atoms with Crippen molar-refractivity contribution in [3.05, 3.63) is 17.1 Å². The zero-order valence-electron chi connectivity index (χ0n) is 16.1. The van der Waals surface area contributed by atoms with Crippen LogP contribution in [0.15, 0.2) is 0 Å². The Bertz CT molecular complexity index is 653. The fourth-order valence-corrected chi connectivity index (χ4v) is 4.78. The Labute approximate surface area is 156 Å². The minimum absolute atomic E-state index is 0.265. The third-order valence-electron chi connectivity index (χ3n) is 6.31. The molecule has 1 amide bonds. The zero-order chi connectivity index (χ0) is 18.1. The normalized spacial score (nSPS) is 24.5. The second-order valence-corrected chi connectivity index (χ2v) is 8.20. The molecule has 1 aliphatic carbocycles. The SMILES string of the molecule is CNc1nc(C2CCCN(C(=O)C3CCCC3)C2)nc2c1CN(C)CC2. The lowest BCUT2D eigenvalue weighted by molar-refractivity contribution is -0.136. The van der Waals surface area contributed by atoms with Gasteiger partial charge in [-0.15, -0.1) is 0 Å². The second-order valence-electron chi connectivity index (χ2n) is 8.20. The van der Waals surface area contributed by atoms with Crippen molar-refractivity contribution in [1.29, 1.82) is 0 Å². The van der Waals surface area contributed by atoms with E-state index < -0.39 is 0 Å². The number of aromatic nitrogens is 2. The molecule has 2 fully saturated rings. The number of hydrogen-bond acceptors (Lipinski definition) is 5. The van der Waals surface area contributed by atoms with E-state index in [1.54, 1.807) is 0 Å². The Morgan fingerprint density at radius 3 is 2.69 bits per heavy atom. The molecule has 1 unspecified atom stereocenters. The number of amides is 1. The molecule has 4 rings (SSSR count). The van der Waals surface area contributed by atoms with E-state index >= 15 is 0 Å². The van der Waals surface area contributed by atoms with Crippen LogP contribution in [0.5, 0.6) is 0 Å². The number of anilines is 1. The van der Waals surface area contributed by atoms with Crippen molar-refractivity contribution in [2.24, 2.45) is 5.92 Å². The van der Waals surface area contributed by atoms with E-state index in [1.807, 2.05) is 7.05 Å². The van der Waals surface area contributed by atoms with Crippen LogP contribution in [0, 0.1) is 5.92 Å². The average molecular weight is 358 g/mol. The van der Waals surface area contributed by atoms with Crippen molar-refractivity contribution in [2.75, 3.05) is 39.0 Å². The van der Waals surface area contributed by atoms with Crippen molar-refractivity contribution in [3.63, 3.8) is 0 Å². The third-order valence-corrected chi connectivity index (χ3v) is 6.31. The Hall–Kier alpha value is -1.69. The van der Waals surface area contributed by atoms with E-state index in [2.05, 4.69) is 22.2 Å². The molecule has 0 radical (unpaired) electrons. The van der Waals surface area contributed by atoms with Crippen molar-refractivity contribution >= 4 is 11.7 Å². The van der Waals surface area contributed by atoms with Crippen LogP contribution in [0.1, 0.15) is 61.5 Å². The number of hydrogen-bond donors (Lipinski definition) is 1. The molecule has 3 heterocycles. The number of nitrogens with zero attached hydrogens (tertiary/aromatic N) is 4. The van der Waals surface area contributed by atoms with Crippen molar-refractivity contribution in [3.8, 4) is 0 Å². The van der Waals surface area contributed by atoms with Crippen LogP contribution in [-0.4, -0.2) is 59.4 Å². The zero-order valence-corrected chi connectivity index (χ0v) is 16.1. The fraction of sp³-hybridized carbons (Fsp3) is 0.750. The maximum Gasteiger partial charge on any atom is 0.225 e. The molecule has 1 saturated carbocycles. The molecule has 0 aromatic carbocycles. The van der Waals surface area contributed by atoms with Gasteiger partial charge in [-0.1, -0.05) is 12.8 Å². The molecule has 1 aromatic heterocycles. The molecule has 1 saturated heterocycles. The molecule has 6 nitrogen and oxygen atoms in total.